The van der Waals surface area contributed by atoms with Crippen LogP contribution in [0.3, 0.4) is 0 Å². The van der Waals surface area contributed by atoms with E-state index in [1.165, 1.54) is 0 Å². The van der Waals surface area contributed by atoms with Gasteiger partial charge in [-0.3, -0.25) is 0 Å². The molecular formula is C19H20O4S2. The van der Waals surface area contributed by atoms with E-state index in [9.17, 15) is 13.5 Å². The smallest absolute Gasteiger partial charge is 0.281 e. The zero-order valence-corrected chi connectivity index (χ0v) is 15.7. The summed E-state index contributed by atoms with van der Waals surface area (Å²) >= 11 is 0. The Balaban J connectivity index is 1.96. The maximum absolute atomic E-state index is 12.5. The van der Waals surface area contributed by atoms with E-state index in [-0.39, 0.29) is 11.5 Å². The molecule has 0 saturated heterocycles. The zero-order valence-electron chi connectivity index (χ0n) is 14.0. The van der Waals surface area contributed by atoms with E-state index in [1.54, 1.807) is 48.9 Å². The fraction of sp³-hybridized carbons (Fsp3) is 0.158. The van der Waals surface area contributed by atoms with Crippen LogP contribution in [0.1, 0.15) is 5.56 Å². The van der Waals surface area contributed by atoms with Gasteiger partial charge in [0.15, 0.2) is 0 Å². The van der Waals surface area contributed by atoms with Gasteiger partial charge in [-0.2, -0.15) is 8.42 Å². The van der Waals surface area contributed by atoms with Crippen molar-refractivity contribution in [1.82, 2.24) is 0 Å². The van der Waals surface area contributed by atoms with Crippen molar-refractivity contribution in [3.63, 3.8) is 0 Å². The van der Waals surface area contributed by atoms with Crippen LogP contribution >= 0.6 is 10.3 Å². The Kier molecular flexibility index (Phi) is 4.77. The molecule has 0 aromatic heterocycles. The van der Waals surface area contributed by atoms with Crippen LogP contribution in [0.5, 0.6) is 5.75 Å². The minimum Gasteiger partial charge on any atom is -0.507 e. The maximum atomic E-state index is 12.5. The number of benzene rings is 3. The second-order valence-electron chi connectivity index (χ2n) is 6.12. The molecule has 0 amide bonds. The quantitative estimate of drug-likeness (QED) is 0.715. The van der Waals surface area contributed by atoms with Gasteiger partial charge in [-0.1, -0.05) is 64.9 Å². The molecule has 3 aromatic carbocycles. The highest BCUT2D eigenvalue weighted by molar-refractivity contribution is 8.32. The summed E-state index contributed by atoms with van der Waals surface area (Å²) in [5, 5.41) is 11.5. The lowest BCUT2D eigenvalue weighted by Gasteiger charge is -2.31. The van der Waals surface area contributed by atoms with Crippen LogP contribution in [0, 0.1) is 0 Å². The van der Waals surface area contributed by atoms with Gasteiger partial charge < -0.3 is 5.11 Å². The molecule has 0 saturated carbocycles. The van der Waals surface area contributed by atoms with Crippen molar-refractivity contribution >= 4 is 31.2 Å². The Labute approximate surface area is 149 Å². The summed E-state index contributed by atoms with van der Waals surface area (Å²) in [5.74, 6) is 0.00185. The molecular weight excluding hydrogens is 356 g/mol. The maximum Gasteiger partial charge on any atom is 0.281 e. The van der Waals surface area contributed by atoms with E-state index >= 15 is 0 Å². The summed E-state index contributed by atoms with van der Waals surface area (Å²) in [4.78, 5) is 0.789. The number of phenols is 1. The number of fused-ring (bicyclic) bond motifs is 1. The third kappa shape index (κ3) is 3.98. The first-order valence-electron chi connectivity index (χ1n) is 7.70. The molecule has 0 aliphatic carbocycles. The van der Waals surface area contributed by atoms with Crippen molar-refractivity contribution < 1.29 is 17.2 Å². The van der Waals surface area contributed by atoms with E-state index in [0.29, 0.717) is 10.9 Å². The summed E-state index contributed by atoms with van der Waals surface area (Å²) < 4.78 is 30.7. The van der Waals surface area contributed by atoms with E-state index < -0.39 is 20.4 Å². The number of rotatable bonds is 5. The van der Waals surface area contributed by atoms with Gasteiger partial charge in [0.2, 0.25) is 0 Å². The Morgan fingerprint density at radius 2 is 1.44 bits per heavy atom. The van der Waals surface area contributed by atoms with Crippen molar-refractivity contribution in [3.8, 4) is 5.75 Å². The number of aromatic hydroxyl groups is 1. The van der Waals surface area contributed by atoms with Crippen LogP contribution in [-0.2, 0) is 19.5 Å². The van der Waals surface area contributed by atoms with Gasteiger partial charge in [0, 0.05) is 10.3 Å². The molecule has 3 aromatic rings. The Bertz CT molecular complexity index is 996. The number of phenolic OH excluding ortho intramolecular Hbond substituents is 1. The van der Waals surface area contributed by atoms with Crippen LogP contribution < -0.4 is 0 Å². The molecule has 3 rings (SSSR count). The lowest BCUT2D eigenvalue weighted by Crippen LogP contribution is -2.13. The second kappa shape index (κ2) is 6.71. The fourth-order valence-corrected chi connectivity index (χ4v) is 7.05. The number of hydrogen-bond donors (Lipinski definition) is 1. The molecule has 0 fully saturated rings. The molecule has 0 bridgehead atoms. The SMILES string of the molecule is CS(C)(OS(=O)(=O)Cc1ccccc1)c1ccc(O)c2ccccc12. The molecule has 0 heterocycles. The third-order valence-electron chi connectivity index (χ3n) is 3.85. The molecule has 0 aliphatic rings. The predicted octanol–water partition coefficient (Wildman–Crippen LogP) is 4.43. The molecule has 1 N–H and O–H groups in total. The van der Waals surface area contributed by atoms with Crippen molar-refractivity contribution in [1.29, 1.82) is 0 Å². The molecule has 132 valence electrons. The normalized spacial score (nSPS) is 13.0. The topological polar surface area (TPSA) is 63.6 Å². The highest BCUT2D eigenvalue weighted by Crippen LogP contribution is 2.55. The first kappa shape index (κ1) is 17.8. The summed E-state index contributed by atoms with van der Waals surface area (Å²) in [5.41, 5.74) is 0.688. The van der Waals surface area contributed by atoms with Gasteiger partial charge in [0.25, 0.3) is 10.1 Å². The van der Waals surface area contributed by atoms with E-state index in [4.69, 9.17) is 3.63 Å². The average molecular weight is 376 g/mol. The highest BCUT2D eigenvalue weighted by atomic mass is 32.3. The van der Waals surface area contributed by atoms with E-state index in [2.05, 4.69) is 0 Å². The zero-order chi connectivity index (χ0) is 18.1. The van der Waals surface area contributed by atoms with E-state index in [1.807, 2.05) is 30.3 Å². The molecule has 0 atom stereocenters. The van der Waals surface area contributed by atoms with Gasteiger partial charge in [0.05, 0.1) is 0 Å². The Morgan fingerprint density at radius 1 is 0.840 bits per heavy atom. The molecule has 4 nitrogen and oxygen atoms in total. The summed E-state index contributed by atoms with van der Waals surface area (Å²) in [6, 6.07) is 19.7. The minimum absolute atomic E-state index is 0.166. The van der Waals surface area contributed by atoms with Crippen LogP contribution in [0.2, 0.25) is 0 Å². The Hall–Kier alpha value is -2.02. The van der Waals surface area contributed by atoms with Crippen LogP contribution in [0.25, 0.3) is 10.8 Å². The molecule has 25 heavy (non-hydrogen) atoms. The first-order valence-corrected chi connectivity index (χ1v) is 11.7. The molecule has 6 heteroatoms. The monoisotopic (exact) mass is 376 g/mol. The first-order chi connectivity index (χ1) is 11.8. The van der Waals surface area contributed by atoms with Crippen molar-refractivity contribution in [3.05, 3.63) is 72.3 Å². The van der Waals surface area contributed by atoms with Gasteiger partial charge in [-0.15, -0.1) is 0 Å². The largest absolute Gasteiger partial charge is 0.507 e. The highest BCUT2D eigenvalue weighted by Gasteiger charge is 2.26. The summed E-state index contributed by atoms with van der Waals surface area (Å²) in [7, 11) is -5.83. The van der Waals surface area contributed by atoms with Crippen molar-refractivity contribution in [2.24, 2.45) is 0 Å². The third-order valence-corrected chi connectivity index (χ3v) is 8.14. The lowest BCUT2D eigenvalue weighted by molar-refractivity contribution is 0.481. The minimum atomic E-state index is -3.74. The molecule has 0 unspecified atom stereocenters. The molecule has 0 aliphatic heterocycles. The summed E-state index contributed by atoms with van der Waals surface area (Å²) in [6.07, 6.45) is 3.60. The van der Waals surface area contributed by atoms with Crippen molar-refractivity contribution in [2.75, 3.05) is 12.5 Å². The number of hydrogen-bond acceptors (Lipinski definition) is 4. The lowest BCUT2D eigenvalue weighted by atomic mass is 10.1. The predicted molar refractivity (Wildman–Crippen MR) is 103 cm³/mol. The molecule has 0 spiro atoms. The van der Waals surface area contributed by atoms with E-state index in [0.717, 1.165) is 10.3 Å². The Morgan fingerprint density at radius 3 is 2.12 bits per heavy atom. The van der Waals surface area contributed by atoms with Crippen LogP contribution in [0.15, 0.2) is 71.6 Å². The van der Waals surface area contributed by atoms with Crippen LogP contribution in [0.4, 0.5) is 0 Å². The van der Waals surface area contributed by atoms with Crippen molar-refractivity contribution in [2.45, 2.75) is 10.6 Å². The molecule has 0 radical (unpaired) electrons. The standard InChI is InChI=1S/C19H20O4S2/c1-24(2,23-25(21,22)14-15-8-4-3-5-9-15)19-13-12-18(20)16-10-6-7-11-17(16)19/h3-13,20H,14H2,1-2H3. The average Bonchev–Trinajstić information content (AvgIpc) is 2.54. The van der Waals surface area contributed by atoms with Gasteiger partial charge >= 0.3 is 0 Å². The summed E-state index contributed by atoms with van der Waals surface area (Å²) in [6.45, 7) is 0. The fourth-order valence-electron chi connectivity index (χ4n) is 2.78. The van der Waals surface area contributed by atoms with Crippen LogP contribution in [-0.4, -0.2) is 26.0 Å². The van der Waals surface area contributed by atoms with Gasteiger partial charge in [0.1, 0.15) is 11.5 Å². The van der Waals surface area contributed by atoms with Gasteiger partial charge in [-0.05, 0) is 35.6 Å². The second-order valence-corrected chi connectivity index (χ2v) is 11.0. The van der Waals surface area contributed by atoms with Gasteiger partial charge in [-0.25, -0.2) is 3.63 Å².